The van der Waals surface area contributed by atoms with E-state index < -0.39 is 5.97 Å². The Morgan fingerprint density at radius 2 is 2.40 bits per heavy atom. The van der Waals surface area contributed by atoms with Crippen molar-refractivity contribution >= 4 is 23.4 Å². The summed E-state index contributed by atoms with van der Waals surface area (Å²) in [4.78, 5) is 14.2. The summed E-state index contributed by atoms with van der Waals surface area (Å²) in [5.41, 5.74) is 1.54. The van der Waals surface area contributed by atoms with E-state index in [-0.39, 0.29) is 5.92 Å². The molecule has 1 aliphatic rings. The second-order valence-corrected chi connectivity index (χ2v) is 6.12. The van der Waals surface area contributed by atoms with E-state index in [9.17, 15) is 15.2 Å². The van der Waals surface area contributed by atoms with E-state index in [4.69, 9.17) is 0 Å². The average molecular weight is 290 g/mol. The first-order chi connectivity index (χ1) is 9.67. The van der Waals surface area contributed by atoms with E-state index in [1.807, 2.05) is 23.1 Å². The molecule has 0 amide bonds. The fourth-order valence-electron chi connectivity index (χ4n) is 2.57. The molecule has 106 valence electrons. The molecule has 1 aromatic carbocycles. The van der Waals surface area contributed by atoms with Crippen molar-refractivity contribution in [3.8, 4) is 6.07 Å². The summed E-state index contributed by atoms with van der Waals surface area (Å²) in [5.74, 6) is -0.166. The number of nitriles is 1. The van der Waals surface area contributed by atoms with Gasteiger partial charge in [0.1, 0.15) is 6.07 Å². The zero-order valence-corrected chi connectivity index (χ0v) is 12.3. The Morgan fingerprint density at radius 1 is 1.60 bits per heavy atom. The van der Waals surface area contributed by atoms with Gasteiger partial charge < -0.3 is 10.0 Å². The molecule has 0 aliphatic carbocycles. The number of benzene rings is 1. The van der Waals surface area contributed by atoms with Crippen LogP contribution in [0.25, 0.3) is 0 Å². The van der Waals surface area contributed by atoms with E-state index in [0.29, 0.717) is 12.1 Å². The van der Waals surface area contributed by atoms with Crippen LogP contribution in [0.2, 0.25) is 0 Å². The highest BCUT2D eigenvalue weighted by atomic mass is 32.2. The molecule has 1 atom stereocenters. The largest absolute Gasteiger partial charge is 0.481 e. The SMILES string of the molecule is CCSc1cccc(N2CCCC(C(=O)O)C2)c1C#N. The summed E-state index contributed by atoms with van der Waals surface area (Å²) in [7, 11) is 0. The molecular weight excluding hydrogens is 272 g/mol. The van der Waals surface area contributed by atoms with Crippen LogP contribution in [0.3, 0.4) is 0 Å². The predicted octanol–water partition coefficient (Wildman–Crippen LogP) is 2.97. The first-order valence-electron chi connectivity index (χ1n) is 6.81. The molecule has 0 bridgehead atoms. The quantitative estimate of drug-likeness (QED) is 0.864. The lowest BCUT2D eigenvalue weighted by Gasteiger charge is -2.33. The number of thioether (sulfide) groups is 1. The minimum Gasteiger partial charge on any atom is -0.481 e. The van der Waals surface area contributed by atoms with Crippen LogP contribution < -0.4 is 4.90 Å². The number of anilines is 1. The van der Waals surface area contributed by atoms with Crippen LogP contribution in [0.1, 0.15) is 25.3 Å². The van der Waals surface area contributed by atoms with Gasteiger partial charge in [0.05, 0.1) is 17.2 Å². The highest BCUT2D eigenvalue weighted by Crippen LogP contribution is 2.32. The summed E-state index contributed by atoms with van der Waals surface area (Å²) in [5, 5.41) is 18.6. The molecule has 1 saturated heterocycles. The molecule has 0 aromatic heterocycles. The number of nitrogens with zero attached hydrogens (tertiary/aromatic N) is 2. The van der Waals surface area contributed by atoms with Crippen molar-refractivity contribution in [3.63, 3.8) is 0 Å². The Kier molecular flexibility index (Phi) is 4.91. The fraction of sp³-hybridized carbons (Fsp3) is 0.467. The fourth-order valence-corrected chi connectivity index (χ4v) is 3.35. The van der Waals surface area contributed by atoms with Crippen molar-refractivity contribution in [2.75, 3.05) is 23.7 Å². The highest BCUT2D eigenvalue weighted by Gasteiger charge is 2.27. The molecule has 1 aliphatic heterocycles. The minimum absolute atomic E-state index is 0.335. The van der Waals surface area contributed by atoms with Crippen molar-refractivity contribution < 1.29 is 9.90 Å². The molecular formula is C15H18N2O2S. The third kappa shape index (κ3) is 3.07. The molecule has 1 N–H and O–H groups in total. The monoisotopic (exact) mass is 290 g/mol. The van der Waals surface area contributed by atoms with Gasteiger partial charge in [-0.2, -0.15) is 5.26 Å². The zero-order valence-electron chi connectivity index (χ0n) is 11.5. The van der Waals surface area contributed by atoms with Gasteiger partial charge >= 0.3 is 5.97 Å². The van der Waals surface area contributed by atoms with Crippen LogP contribution in [0, 0.1) is 17.2 Å². The number of hydrogen-bond acceptors (Lipinski definition) is 4. The lowest BCUT2D eigenvalue weighted by molar-refractivity contribution is -0.141. The Bertz CT molecular complexity index is 539. The highest BCUT2D eigenvalue weighted by molar-refractivity contribution is 7.99. The molecule has 0 radical (unpaired) electrons. The van der Waals surface area contributed by atoms with Crippen LogP contribution >= 0.6 is 11.8 Å². The van der Waals surface area contributed by atoms with Gasteiger partial charge in [0, 0.05) is 18.0 Å². The topological polar surface area (TPSA) is 64.3 Å². The number of carboxylic acid groups (broad SMARTS) is 1. The zero-order chi connectivity index (χ0) is 14.5. The minimum atomic E-state index is -0.743. The molecule has 0 spiro atoms. The molecule has 1 unspecified atom stereocenters. The molecule has 1 aromatic rings. The average Bonchev–Trinajstić information content (AvgIpc) is 2.47. The lowest BCUT2D eigenvalue weighted by atomic mass is 9.97. The van der Waals surface area contributed by atoms with Crippen LogP contribution in [0.5, 0.6) is 0 Å². The van der Waals surface area contributed by atoms with E-state index in [0.717, 1.165) is 35.7 Å². The van der Waals surface area contributed by atoms with Gasteiger partial charge in [-0.05, 0) is 30.7 Å². The molecule has 20 heavy (non-hydrogen) atoms. The van der Waals surface area contributed by atoms with Crippen molar-refractivity contribution in [1.82, 2.24) is 0 Å². The number of carbonyl (C=O) groups is 1. The summed E-state index contributed by atoms with van der Waals surface area (Å²) < 4.78 is 0. The maximum absolute atomic E-state index is 11.2. The van der Waals surface area contributed by atoms with E-state index in [1.54, 1.807) is 11.8 Å². The lowest BCUT2D eigenvalue weighted by Crippen LogP contribution is -2.39. The molecule has 0 saturated carbocycles. The molecule has 5 heteroatoms. The van der Waals surface area contributed by atoms with Crippen LogP contribution in [-0.4, -0.2) is 29.9 Å². The number of piperidine rings is 1. The van der Waals surface area contributed by atoms with Gasteiger partial charge in [-0.15, -0.1) is 11.8 Å². The number of hydrogen-bond donors (Lipinski definition) is 1. The standard InChI is InChI=1S/C15H18N2O2S/c1-2-20-14-7-3-6-13(12(14)9-16)17-8-4-5-11(10-17)15(18)19/h3,6-7,11H,2,4-5,8,10H2,1H3,(H,18,19). The van der Waals surface area contributed by atoms with Gasteiger partial charge in [0.15, 0.2) is 0 Å². The van der Waals surface area contributed by atoms with E-state index in [1.165, 1.54) is 0 Å². The van der Waals surface area contributed by atoms with Crippen LogP contribution in [-0.2, 0) is 4.79 Å². The summed E-state index contributed by atoms with van der Waals surface area (Å²) in [6, 6.07) is 8.10. The van der Waals surface area contributed by atoms with Gasteiger partial charge in [-0.1, -0.05) is 13.0 Å². The number of rotatable bonds is 4. The molecule has 4 nitrogen and oxygen atoms in total. The maximum Gasteiger partial charge on any atom is 0.308 e. The summed E-state index contributed by atoms with van der Waals surface area (Å²) in [6.45, 7) is 3.36. The van der Waals surface area contributed by atoms with E-state index >= 15 is 0 Å². The van der Waals surface area contributed by atoms with Crippen molar-refractivity contribution in [2.45, 2.75) is 24.7 Å². The normalized spacial score (nSPS) is 18.6. The third-order valence-electron chi connectivity index (χ3n) is 3.53. The molecule has 1 fully saturated rings. The Balaban J connectivity index is 2.30. The maximum atomic E-state index is 11.2. The Hall–Kier alpha value is -1.67. The van der Waals surface area contributed by atoms with Crippen LogP contribution in [0.15, 0.2) is 23.1 Å². The predicted molar refractivity (Wildman–Crippen MR) is 80.1 cm³/mol. The first-order valence-corrected chi connectivity index (χ1v) is 7.79. The Labute approximate surface area is 123 Å². The number of aliphatic carboxylic acids is 1. The third-order valence-corrected chi connectivity index (χ3v) is 4.47. The van der Waals surface area contributed by atoms with Gasteiger partial charge in [0.25, 0.3) is 0 Å². The smallest absolute Gasteiger partial charge is 0.308 e. The van der Waals surface area contributed by atoms with Crippen molar-refractivity contribution in [1.29, 1.82) is 5.26 Å². The number of carboxylic acids is 1. The first kappa shape index (κ1) is 14.7. The summed E-state index contributed by atoms with van der Waals surface area (Å²) >= 11 is 1.65. The Morgan fingerprint density at radius 3 is 3.05 bits per heavy atom. The van der Waals surface area contributed by atoms with E-state index in [2.05, 4.69) is 13.0 Å². The second-order valence-electron chi connectivity index (χ2n) is 4.82. The van der Waals surface area contributed by atoms with Crippen molar-refractivity contribution in [2.24, 2.45) is 5.92 Å². The van der Waals surface area contributed by atoms with Gasteiger partial charge in [-0.3, -0.25) is 4.79 Å². The molecule has 2 rings (SSSR count). The van der Waals surface area contributed by atoms with Gasteiger partial charge in [0.2, 0.25) is 0 Å². The van der Waals surface area contributed by atoms with Crippen molar-refractivity contribution in [3.05, 3.63) is 23.8 Å². The van der Waals surface area contributed by atoms with Crippen LogP contribution in [0.4, 0.5) is 5.69 Å². The molecule has 1 heterocycles. The second kappa shape index (κ2) is 6.67. The van der Waals surface area contributed by atoms with Gasteiger partial charge in [-0.25, -0.2) is 0 Å². The summed E-state index contributed by atoms with van der Waals surface area (Å²) in [6.07, 6.45) is 1.57.